The highest BCUT2D eigenvalue weighted by atomic mass is 79.9. The van der Waals surface area contributed by atoms with Gasteiger partial charge in [-0.25, -0.2) is 0 Å². The van der Waals surface area contributed by atoms with E-state index in [0.717, 1.165) is 29.4 Å². The molecule has 19 heavy (non-hydrogen) atoms. The predicted molar refractivity (Wildman–Crippen MR) is 90.3 cm³/mol. The van der Waals surface area contributed by atoms with Crippen LogP contribution in [-0.4, -0.2) is 7.11 Å². The number of methoxy groups -OCH3 is 1. The van der Waals surface area contributed by atoms with Crippen molar-refractivity contribution in [2.24, 2.45) is 0 Å². The Morgan fingerprint density at radius 3 is 2.00 bits per heavy atom. The van der Waals surface area contributed by atoms with E-state index >= 15 is 0 Å². The molecule has 0 atom stereocenters. The van der Waals surface area contributed by atoms with Crippen LogP contribution in [0.1, 0.15) is 0 Å². The minimum Gasteiger partial charge on any atom is -0.497 e. The Morgan fingerprint density at radius 2 is 1.47 bits per heavy atom. The van der Waals surface area contributed by atoms with E-state index < -0.39 is 0 Å². The van der Waals surface area contributed by atoms with E-state index in [1.165, 1.54) is 0 Å². The van der Waals surface area contributed by atoms with Crippen LogP contribution in [0.25, 0.3) is 0 Å². The van der Waals surface area contributed by atoms with Gasteiger partial charge in [0, 0.05) is 4.47 Å². The van der Waals surface area contributed by atoms with Crippen molar-refractivity contribution in [3.63, 3.8) is 0 Å². The lowest BCUT2D eigenvalue weighted by molar-refractivity contribution is 0.411. The summed E-state index contributed by atoms with van der Waals surface area (Å²) >= 11 is 13.8. The zero-order valence-corrected chi connectivity index (χ0v) is 16.1. The van der Waals surface area contributed by atoms with Gasteiger partial charge in [-0.05, 0) is 78.1 Å². The molecule has 0 fully saturated rings. The molecule has 2 nitrogen and oxygen atoms in total. The number of benzene rings is 2. The Balaban J connectivity index is 2.38. The molecule has 0 unspecified atom stereocenters. The van der Waals surface area contributed by atoms with Gasteiger partial charge in [-0.3, -0.25) is 0 Å². The van der Waals surface area contributed by atoms with Gasteiger partial charge in [0.1, 0.15) is 11.5 Å². The lowest BCUT2D eigenvalue weighted by Gasteiger charge is -2.13. The second kappa shape index (κ2) is 6.61. The van der Waals surface area contributed by atoms with Crippen LogP contribution in [0.5, 0.6) is 17.2 Å². The third-order valence-corrected chi connectivity index (χ3v) is 4.60. The fourth-order valence-corrected chi connectivity index (χ4v) is 3.85. The highest BCUT2D eigenvalue weighted by molar-refractivity contribution is 9.11. The van der Waals surface area contributed by atoms with Gasteiger partial charge in [0.25, 0.3) is 0 Å². The number of hydrogen-bond acceptors (Lipinski definition) is 2. The summed E-state index contributed by atoms with van der Waals surface area (Å²) in [7, 11) is 1.63. The molecule has 2 aromatic carbocycles. The summed E-state index contributed by atoms with van der Waals surface area (Å²) in [6.45, 7) is 0. The molecule has 0 saturated heterocycles. The number of halogens is 4. The first kappa shape index (κ1) is 15.4. The van der Waals surface area contributed by atoms with Crippen molar-refractivity contribution in [2.75, 3.05) is 7.11 Å². The van der Waals surface area contributed by atoms with E-state index in [1.54, 1.807) is 7.11 Å². The third kappa shape index (κ3) is 3.74. The van der Waals surface area contributed by atoms with E-state index in [9.17, 15) is 0 Å². The van der Waals surface area contributed by atoms with Crippen molar-refractivity contribution in [3.8, 4) is 17.2 Å². The molecule has 0 aliphatic rings. The van der Waals surface area contributed by atoms with Gasteiger partial charge in [-0.1, -0.05) is 15.9 Å². The fourth-order valence-electron chi connectivity index (χ4n) is 1.42. The zero-order valence-electron chi connectivity index (χ0n) is 9.72. The van der Waals surface area contributed by atoms with Gasteiger partial charge in [0.15, 0.2) is 5.75 Å². The van der Waals surface area contributed by atoms with Crippen LogP contribution in [0.4, 0.5) is 0 Å². The average molecular weight is 516 g/mol. The summed E-state index contributed by atoms with van der Waals surface area (Å²) in [6.07, 6.45) is 0. The topological polar surface area (TPSA) is 18.5 Å². The maximum atomic E-state index is 5.91. The molecule has 100 valence electrons. The standard InChI is InChI=1S/C13H8Br4O2/c1-18-8-5-10(16)13(11(17)6-8)19-12-3-2-7(14)4-9(12)15/h2-6H,1H3. The second-order valence-electron chi connectivity index (χ2n) is 3.60. The smallest absolute Gasteiger partial charge is 0.156 e. The van der Waals surface area contributed by atoms with Crippen molar-refractivity contribution in [3.05, 3.63) is 48.2 Å². The Kier molecular flexibility index (Phi) is 5.34. The first-order valence-electron chi connectivity index (χ1n) is 5.17. The number of rotatable bonds is 3. The summed E-state index contributed by atoms with van der Waals surface area (Å²) in [5.74, 6) is 2.18. The van der Waals surface area contributed by atoms with Gasteiger partial charge in [0.05, 0.1) is 20.5 Å². The van der Waals surface area contributed by atoms with E-state index in [2.05, 4.69) is 63.7 Å². The van der Waals surface area contributed by atoms with Crippen LogP contribution in [-0.2, 0) is 0 Å². The van der Waals surface area contributed by atoms with Crippen molar-refractivity contribution in [1.82, 2.24) is 0 Å². The SMILES string of the molecule is COc1cc(Br)c(Oc2ccc(Br)cc2Br)c(Br)c1. The predicted octanol–water partition coefficient (Wildman–Crippen LogP) is 6.54. The molecule has 0 N–H and O–H groups in total. The van der Waals surface area contributed by atoms with Crippen LogP contribution >= 0.6 is 63.7 Å². The minimum absolute atomic E-state index is 0.698. The van der Waals surface area contributed by atoms with Crippen LogP contribution in [0.3, 0.4) is 0 Å². The van der Waals surface area contributed by atoms with Crippen molar-refractivity contribution in [2.45, 2.75) is 0 Å². The lowest BCUT2D eigenvalue weighted by atomic mass is 10.3. The molecule has 0 aliphatic carbocycles. The summed E-state index contributed by atoms with van der Waals surface area (Å²) in [6, 6.07) is 9.45. The summed E-state index contributed by atoms with van der Waals surface area (Å²) < 4.78 is 14.6. The van der Waals surface area contributed by atoms with E-state index in [4.69, 9.17) is 9.47 Å². The second-order valence-corrected chi connectivity index (χ2v) is 7.08. The maximum absolute atomic E-state index is 5.91. The molecule has 0 spiro atoms. The molecule has 2 rings (SSSR count). The number of hydrogen-bond donors (Lipinski definition) is 0. The Morgan fingerprint density at radius 1 is 0.842 bits per heavy atom. The molecule has 0 aliphatic heterocycles. The van der Waals surface area contributed by atoms with Crippen LogP contribution in [0, 0.1) is 0 Å². The minimum atomic E-state index is 0.698. The molecular formula is C13H8Br4O2. The van der Waals surface area contributed by atoms with Gasteiger partial charge >= 0.3 is 0 Å². The molecule has 6 heteroatoms. The van der Waals surface area contributed by atoms with Gasteiger partial charge in [-0.15, -0.1) is 0 Å². The summed E-state index contributed by atoms with van der Waals surface area (Å²) in [4.78, 5) is 0. The highest BCUT2D eigenvalue weighted by Gasteiger charge is 2.12. The van der Waals surface area contributed by atoms with E-state index in [0.29, 0.717) is 5.75 Å². The molecular weight excluding hydrogens is 508 g/mol. The zero-order chi connectivity index (χ0) is 14.0. The maximum Gasteiger partial charge on any atom is 0.156 e. The largest absolute Gasteiger partial charge is 0.497 e. The van der Waals surface area contributed by atoms with Crippen LogP contribution in [0.15, 0.2) is 48.2 Å². The van der Waals surface area contributed by atoms with Crippen molar-refractivity contribution >= 4 is 63.7 Å². The molecule has 0 amide bonds. The van der Waals surface area contributed by atoms with Gasteiger partial charge in [0.2, 0.25) is 0 Å². The van der Waals surface area contributed by atoms with Gasteiger partial charge < -0.3 is 9.47 Å². The number of ether oxygens (including phenoxy) is 2. The summed E-state index contributed by atoms with van der Waals surface area (Å²) in [5.41, 5.74) is 0. The average Bonchev–Trinajstić information content (AvgIpc) is 2.35. The van der Waals surface area contributed by atoms with Crippen LogP contribution < -0.4 is 9.47 Å². The molecule has 0 heterocycles. The molecule has 0 aromatic heterocycles. The first-order valence-corrected chi connectivity index (χ1v) is 8.34. The molecule has 2 aromatic rings. The summed E-state index contributed by atoms with van der Waals surface area (Å²) in [5, 5.41) is 0. The van der Waals surface area contributed by atoms with E-state index in [1.807, 2.05) is 30.3 Å². The normalized spacial score (nSPS) is 10.4. The molecule has 0 bridgehead atoms. The quantitative estimate of drug-likeness (QED) is 0.462. The van der Waals surface area contributed by atoms with Gasteiger partial charge in [-0.2, -0.15) is 0 Å². The third-order valence-electron chi connectivity index (χ3n) is 2.31. The first-order chi connectivity index (χ1) is 9.01. The highest BCUT2D eigenvalue weighted by Crippen LogP contribution is 2.41. The molecule has 0 saturated carbocycles. The lowest BCUT2D eigenvalue weighted by Crippen LogP contribution is -1.90. The van der Waals surface area contributed by atoms with E-state index in [-0.39, 0.29) is 0 Å². The van der Waals surface area contributed by atoms with Crippen molar-refractivity contribution < 1.29 is 9.47 Å². The molecule has 0 radical (unpaired) electrons. The monoisotopic (exact) mass is 512 g/mol. The Bertz CT molecular complexity index is 591. The Hall–Kier alpha value is -0.0400. The fraction of sp³-hybridized carbons (Fsp3) is 0.0769. The Labute approximate surface area is 145 Å². The van der Waals surface area contributed by atoms with Crippen LogP contribution in [0.2, 0.25) is 0 Å². The van der Waals surface area contributed by atoms with Crippen molar-refractivity contribution in [1.29, 1.82) is 0 Å².